The van der Waals surface area contributed by atoms with E-state index < -0.39 is 0 Å². The fourth-order valence-electron chi connectivity index (χ4n) is 5.28. The molecule has 0 aliphatic carbocycles. The Morgan fingerprint density at radius 1 is 1.36 bits per heavy atom. The summed E-state index contributed by atoms with van der Waals surface area (Å²) in [5.74, 6) is 0.756. The van der Waals surface area contributed by atoms with Crippen molar-refractivity contribution in [1.82, 2.24) is 19.6 Å². The molecule has 25 heavy (non-hydrogen) atoms. The number of halogens is 1. The molecule has 1 amide bonds. The standard InChI is InChI=1S/C19H21ClN4O/c1-22-12-14-8-17(23-7-3-6-19(14,23)18(22)25)13-10-21-24(11-13)16-5-2-4-15(20)9-16/h2,4-5,9-11,14,17H,3,6-8,12H2,1H3/t14-,17-,19-/m0/s1. The van der Waals surface area contributed by atoms with E-state index in [0.717, 1.165) is 38.0 Å². The predicted molar refractivity (Wildman–Crippen MR) is 95.7 cm³/mol. The topological polar surface area (TPSA) is 41.4 Å². The minimum absolute atomic E-state index is 0.252. The van der Waals surface area contributed by atoms with Crippen LogP contribution in [-0.4, -0.2) is 51.2 Å². The Morgan fingerprint density at radius 3 is 3.08 bits per heavy atom. The minimum Gasteiger partial charge on any atom is -0.344 e. The van der Waals surface area contributed by atoms with E-state index in [1.54, 1.807) is 0 Å². The number of amides is 1. The number of carbonyl (C=O) groups excluding carboxylic acids is 1. The number of rotatable bonds is 2. The van der Waals surface area contributed by atoms with Crippen molar-refractivity contribution in [1.29, 1.82) is 0 Å². The maximum Gasteiger partial charge on any atom is 0.243 e. The molecule has 0 saturated carbocycles. The zero-order chi connectivity index (χ0) is 17.2. The Kier molecular flexibility index (Phi) is 3.28. The Hall–Kier alpha value is -1.85. The second kappa shape index (κ2) is 5.32. The maximum absolute atomic E-state index is 12.9. The van der Waals surface area contributed by atoms with E-state index in [1.165, 1.54) is 5.56 Å². The van der Waals surface area contributed by atoms with Crippen LogP contribution in [0.4, 0.5) is 0 Å². The van der Waals surface area contributed by atoms with Crippen LogP contribution >= 0.6 is 11.6 Å². The lowest BCUT2D eigenvalue weighted by Gasteiger charge is -2.32. The van der Waals surface area contributed by atoms with Gasteiger partial charge in [-0.3, -0.25) is 9.69 Å². The first-order valence-electron chi connectivity index (χ1n) is 8.92. The highest BCUT2D eigenvalue weighted by Gasteiger charge is 2.64. The molecule has 2 aromatic rings. The molecule has 3 aliphatic heterocycles. The summed E-state index contributed by atoms with van der Waals surface area (Å²) in [5.41, 5.74) is 1.91. The van der Waals surface area contributed by atoms with Crippen LogP contribution in [0.15, 0.2) is 36.7 Å². The van der Waals surface area contributed by atoms with Crippen LogP contribution in [0.2, 0.25) is 5.02 Å². The van der Waals surface area contributed by atoms with Crippen LogP contribution in [-0.2, 0) is 4.79 Å². The van der Waals surface area contributed by atoms with Crippen molar-refractivity contribution >= 4 is 17.5 Å². The van der Waals surface area contributed by atoms with Crippen LogP contribution in [0.3, 0.4) is 0 Å². The molecule has 130 valence electrons. The number of likely N-dealkylation sites (tertiary alicyclic amines) is 1. The molecule has 4 heterocycles. The first kappa shape index (κ1) is 15.4. The lowest BCUT2D eigenvalue weighted by atomic mass is 9.85. The van der Waals surface area contributed by atoms with E-state index in [2.05, 4.69) is 16.2 Å². The van der Waals surface area contributed by atoms with Gasteiger partial charge in [0.2, 0.25) is 5.91 Å². The fraction of sp³-hybridized carbons (Fsp3) is 0.474. The van der Waals surface area contributed by atoms with E-state index in [1.807, 2.05) is 47.1 Å². The first-order valence-corrected chi connectivity index (χ1v) is 9.30. The summed E-state index contributed by atoms with van der Waals surface area (Å²) in [5, 5.41) is 5.25. The molecule has 1 aromatic heterocycles. The monoisotopic (exact) mass is 356 g/mol. The summed E-state index contributed by atoms with van der Waals surface area (Å²) in [6, 6.07) is 8.00. The Morgan fingerprint density at radius 2 is 2.24 bits per heavy atom. The van der Waals surface area contributed by atoms with Crippen molar-refractivity contribution in [2.75, 3.05) is 20.1 Å². The molecule has 3 aliphatic rings. The molecule has 3 fully saturated rings. The number of likely N-dealkylation sites (N-methyl/N-ethyl adjacent to an activating group) is 1. The van der Waals surface area contributed by atoms with E-state index in [9.17, 15) is 4.79 Å². The molecular formula is C19H21ClN4O. The molecular weight excluding hydrogens is 336 g/mol. The van der Waals surface area contributed by atoms with Gasteiger partial charge in [0.25, 0.3) is 0 Å². The second-order valence-corrected chi connectivity index (χ2v) is 7.99. The SMILES string of the molecule is CN1C[C@@H]2C[C@@H](c3cnn(-c4cccc(Cl)c4)c3)N3CCC[C@@]23C1=O. The average molecular weight is 357 g/mol. The van der Waals surface area contributed by atoms with Gasteiger partial charge in [0, 0.05) is 42.3 Å². The third-order valence-electron chi connectivity index (χ3n) is 6.30. The molecule has 5 nitrogen and oxygen atoms in total. The molecule has 5 rings (SSSR count). The molecule has 6 heteroatoms. The minimum atomic E-state index is -0.252. The Bertz CT molecular complexity index is 849. The number of carbonyl (C=O) groups is 1. The number of nitrogens with zero attached hydrogens (tertiary/aromatic N) is 4. The van der Waals surface area contributed by atoms with E-state index in [4.69, 9.17) is 11.6 Å². The average Bonchev–Trinajstić information content (AvgIpc) is 3.32. The zero-order valence-corrected chi connectivity index (χ0v) is 15.0. The van der Waals surface area contributed by atoms with Gasteiger partial charge >= 0.3 is 0 Å². The maximum atomic E-state index is 12.9. The van der Waals surface area contributed by atoms with Crippen LogP contribution in [0.25, 0.3) is 5.69 Å². The summed E-state index contributed by atoms with van der Waals surface area (Å²) in [4.78, 5) is 17.3. The van der Waals surface area contributed by atoms with Gasteiger partial charge in [0.15, 0.2) is 0 Å². The summed E-state index contributed by atoms with van der Waals surface area (Å²) in [7, 11) is 1.94. The third-order valence-corrected chi connectivity index (χ3v) is 6.54. The number of hydrogen-bond donors (Lipinski definition) is 0. The Labute approximate surface area is 152 Å². The van der Waals surface area contributed by atoms with Crippen molar-refractivity contribution in [2.24, 2.45) is 5.92 Å². The van der Waals surface area contributed by atoms with Gasteiger partial charge in [-0.05, 0) is 44.0 Å². The molecule has 3 saturated heterocycles. The number of hydrogen-bond acceptors (Lipinski definition) is 3. The van der Waals surface area contributed by atoms with Crippen molar-refractivity contribution in [2.45, 2.75) is 30.8 Å². The number of benzene rings is 1. The molecule has 0 radical (unpaired) electrons. The van der Waals surface area contributed by atoms with Gasteiger partial charge in [0.1, 0.15) is 5.54 Å². The fourth-order valence-corrected chi connectivity index (χ4v) is 5.47. The van der Waals surface area contributed by atoms with Crippen molar-refractivity contribution in [3.8, 4) is 5.69 Å². The van der Waals surface area contributed by atoms with Gasteiger partial charge < -0.3 is 4.90 Å². The normalized spacial score (nSPS) is 31.6. The smallest absolute Gasteiger partial charge is 0.243 e. The van der Waals surface area contributed by atoms with Crippen molar-refractivity contribution in [3.05, 3.63) is 47.2 Å². The molecule has 1 spiro atoms. The zero-order valence-electron chi connectivity index (χ0n) is 14.2. The van der Waals surface area contributed by atoms with E-state index >= 15 is 0 Å². The molecule has 0 bridgehead atoms. The van der Waals surface area contributed by atoms with Crippen LogP contribution in [0.1, 0.15) is 30.9 Å². The van der Waals surface area contributed by atoms with E-state index in [-0.39, 0.29) is 11.6 Å². The summed E-state index contributed by atoms with van der Waals surface area (Å²) in [6.45, 7) is 1.89. The van der Waals surface area contributed by atoms with Gasteiger partial charge in [-0.25, -0.2) is 4.68 Å². The van der Waals surface area contributed by atoms with Crippen LogP contribution < -0.4 is 0 Å². The molecule has 0 N–H and O–H groups in total. The van der Waals surface area contributed by atoms with E-state index in [0.29, 0.717) is 16.8 Å². The van der Waals surface area contributed by atoms with Crippen molar-refractivity contribution in [3.63, 3.8) is 0 Å². The van der Waals surface area contributed by atoms with Gasteiger partial charge in [-0.15, -0.1) is 0 Å². The summed E-state index contributed by atoms with van der Waals surface area (Å²) < 4.78 is 1.88. The van der Waals surface area contributed by atoms with Crippen LogP contribution in [0, 0.1) is 5.92 Å². The van der Waals surface area contributed by atoms with Crippen molar-refractivity contribution < 1.29 is 4.79 Å². The molecule has 1 aromatic carbocycles. The summed E-state index contributed by atoms with van der Waals surface area (Å²) >= 11 is 6.10. The van der Waals surface area contributed by atoms with Crippen LogP contribution in [0.5, 0.6) is 0 Å². The third kappa shape index (κ3) is 2.06. The Balaban J connectivity index is 1.49. The molecule has 3 atom stereocenters. The lowest BCUT2D eigenvalue weighted by molar-refractivity contribution is -0.135. The largest absolute Gasteiger partial charge is 0.344 e. The van der Waals surface area contributed by atoms with Gasteiger partial charge in [-0.1, -0.05) is 17.7 Å². The highest BCUT2D eigenvalue weighted by molar-refractivity contribution is 6.30. The quantitative estimate of drug-likeness (QED) is 0.830. The number of aromatic nitrogens is 2. The highest BCUT2D eigenvalue weighted by Crippen LogP contribution is 2.55. The second-order valence-electron chi connectivity index (χ2n) is 7.55. The summed E-state index contributed by atoms with van der Waals surface area (Å²) in [6.07, 6.45) is 7.19. The first-order chi connectivity index (χ1) is 12.1. The lowest BCUT2D eigenvalue weighted by Crippen LogP contribution is -2.49. The van der Waals surface area contributed by atoms with Gasteiger partial charge in [-0.2, -0.15) is 5.10 Å². The van der Waals surface area contributed by atoms with Gasteiger partial charge in [0.05, 0.1) is 11.9 Å². The predicted octanol–water partition coefficient (Wildman–Crippen LogP) is 2.89. The highest BCUT2D eigenvalue weighted by atomic mass is 35.5. The molecule has 0 unspecified atom stereocenters.